The van der Waals surface area contributed by atoms with Crippen molar-refractivity contribution >= 4 is 23.6 Å². The van der Waals surface area contributed by atoms with Gasteiger partial charge in [-0.2, -0.15) is 0 Å². The van der Waals surface area contributed by atoms with Gasteiger partial charge in [0, 0.05) is 18.4 Å². The zero-order valence-corrected chi connectivity index (χ0v) is 16.6. The van der Waals surface area contributed by atoms with E-state index in [9.17, 15) is 9.59 Å². The first-order chi connectivity index (χ1) is 13.5. The predicted molar refractivity (Wildman–Crippen MR) is 111 cm³/mol. The molecule has 0 unspecified atom stereocenters. The predicted octanol–water partition coefficient (Wildman–Crippen LogP) is 4.66. The van der Waals surface area contributed by atoms with Crippen molar-refractivity contribution in [2.24, 2.45) is 0 Å². The van der Waals surface area contributed by atoms with Gasteiger partial charge in [0.1, 0.15) is 6.61 Å². The van der Waals surface area contributed by atoms with Crippen LogP contribution in [0.4, 0.5) is 5.69 Å². The highest BCUT2D eigenvalue weighted by molar-refractivity contribution is 6.02. The van der Waals surface area contributed by atoms with E-state index in [1.807, 2.05) is 19.1 Å². The van der Waals surface area contributed by atoms with E-state index in [2.05, 4.69) is 31.3 Å². The van der Waals surface area contributed by atoms with E-state index in [0.717, 1.165) is 5.56 Å². The van der Waals surface area contributed by atoms with Crippen LogP contribution in [0.15, 0.2) is 54.6 Å². The maximum absolute atomic E-state index is 12.1. The van der Waals surface area contributed by atoms with Gasteiger partial charge in [0.05, 0.1) is 12.2 Å². The second-order valence-electron chi connectivity index (χ2n) is 6.55. The molecule has 0 bridgehead atoms. The van der Waals surface area contributed by atoms with Crippen LogP contribution in [0.25, 0.3) is 6.08 Å². The summed E-state index contributed by atoms with van der Waals surface area (Å²) in [6.45, 7) is 7.35. The molecule has 0 heterocycles. The number of amides is 1. The fourth-order valence-electron chi connectivity index (χ4n) is 2.46. The number of rotatable bonds is 9. The van der Waals surface area contributed by atoms with Crippen LogP contribution in [0.1, 0.15) is 48.2 Å². The Bertz CT molecular complexity index is 792. The van der Waals surface area contributed by atoms with Crippen LogP contribution >= 0.6 is 0 Å². The Labute approximate surface area is 166 Å². The van der Waals surface area contributed by atoms with Gasteiger partial charge in [0.15, 0.2) is 0 Å². The summed E-state index contributed by atoms with van der Waals surface area (Å²) in [4.78, 5) is 24.0. The fraction of sp³-hybridized carbons (Fsp3) is 0.304. The average molecular weight is 381 g/mol. The van der Waals surface area contributed by atoms with Crippen molar-refractivity contribution < 1.29 is 19.1 Å². The summed E-state index contributed by atoms with van der Waals surface area (Å²) in [7, 11) is 0. The summed E-state index contributed by atoms with van der Waals surface area (Å²) in [5.74, 6) is -0.173. The van der Waals surface area contributed by atoms with Gasteiger partial charge in [-0.25, -0.2) is 4.79 Å². The first-order valence-electron chi connectivity index (χ1n) is 9.43. The molecule has 0 spiro atoms. The number of carbonyl (C=O) groups excluding carboxylic acids is 2. The number of ether oxygens (including phenoxy) is 2. The lowest BCUT2D eigenvalue weighted by molar-refractivity contribution is -0.111. The van der Waals surface area contributed by atoms with Crippen LogP contribution in [0.5, 0.6) is 0 Å². The normalized spacial score (nSPS) is 11.0. The third-order valence-electron chi connectivity index (χ3n) is 4.08. The second-order valence-corrected chi connectivity index (χ2v) is 6.55. The third kappa shape index (κ3) is 7.00. The summed E-state index contributed by atoms with van der Waals surface area (Å²) in [5.41, 5.74) is 3.26. The van der Waals surface area contributed by atoms with Gasteiger partial charge in [-0.1, -0.05) is 38.1 Å². The fourth-order valence-corrected chi connectivity index (χ4v) is 2.46. The lowest BCUT2D eigenvalue weighted by atomic mass is 10.0. The van der Waals surface area contributed by atoms with Gasteiger partial charge in [-0.15, -0.1) is 0 Å². The third-order valence-corrected chi connectivity index (χ3v) is 4.08. The Morgan fingerprint density at radius 1 is 1.00 bits per heavy atom. The first kappa shape index (κ1) is 21.4. The summed E-state index contributed by atoms with van der Waals surface area (Å²) in [6.07, 6.45) is 3.25. The van der Waals surface area contributed by atoms with Crippen molar-refractivity contribution in [1.29, 1.82) is 0 Å². The van der Waals surface area contributed by atoms with E-state index in [1.165, 1.54) is 11.6 Å². The molecule has 0 saturated heterocycles. The molecule has 0 saturated carbocycles. The lowest BCUT2D eigenvalue weighted by Crippen LogP contribution is -2.11. The molecular weight excluding hydrogens is 354 g/mol. The van der Waals surface area contributed by atoms with Gasteiger partial charge in [0.2, 0.25) is 5.91 Å². The highest BCUT2D eigenvalue weighted by Crippen LogP contribution is 2.15. The van der Waals surface area contributed by atoms with Gasteiger partial charge >= 0.3 is 5.97 Å². The minimum Gasteiger partial charge on any atom is -0.460 e. The van der Waals surface area contributed by atoms with Crippen LogP contribution in [0.3, 0.4) is 0 Å². The Morgan fingerprint density at radius 3 is 2.29 bits per heavy atom. The second kappa shape index (κ2) is 11.0. The van der Waals surface area contributed by atoms with Crippen LogP contribution in [-0.4, -0.2) is 31.7 Å². The quantitative estimate of drug-likeness (QED) is 0.390. The molecule has 1 N–H and O–H groups in total. The van der Waals surface area contributed by atoms with Crippen molar-refractivity contribution in [2.75, 3.05) is 25.1 Å². The van der Waals surface area contributed by atoms with E-state index >= 15 is 0 Å². The monoisotopic (exact) mass is 381 g/mol. The van der Waals surface area contributed by atoms with Crippen LogP contribution in [-0.2, 0) is 14.3 Å². The van der Waals surface area contributed by atoms with E-state index in [0.29, 0.717) is 30.4 Å². The van der Waals surface area contributed by atoms with Gasteiger partial charge in [-0.05, 0) is 54.3 Å². The molecule has 2 aromatic carbocycles. The van der Waals surface area contributed by atoms with Gasteiger partial charge in [-0.3, -0.25) is 4.79 Å². The topological polar surface area (TPSA) is 64.6 Å². The zero-order chi connectivity index (χ0) is 20.4. The lowest BCUT2D eigenvalue weighted by Gasteiger charge is -2.06. The van der Waals surface area contributed by atoms with Crippen molar-refractivity contribution in [2.45, 2.75) is 26.7 Å². The number of anilines is 1. The molecular formula is C23H27NO4. The van der Waals surface area contributed by atoms with Crippen LogP contribution in [0.2, 0.25) is 0 Å². The van der Waals surface area contributed by atoms with Gasteiger partial charge in [0.25, 0.3) is 0 Å². The minimum atomic E-state index is -0.415. The molecule has 0 aromatic heterocycles. The Kier molecular flexibility index (Phi) is 8.43. The molecule has 0 aliphatic rings. The standard InChI is InChI=1S/C23H27NO4/c1-4-27-15-16-28-23(26)20-10-12-21(13-11-20)24-22(25)14-7-18-5-8-19(9-6-18)17(2)3/h5-14,17H,4,15-16H2,1-3H3,(H,24,25)/b14-7+. The van der Waals surface area contributed by atoms with E-state index in [4.69, 9.17) is 9.47 Å². The molecule has 2 aromatic rings. The van der Waals surface area contributed by atoms with Crippen LogP contribution in [0, 0.1) is 0 Å². The average Bonchev–Trinajstić information content (AvgIpc) is 2.70. The molecule has 0 radical (unpaired) electrons. The van der Waals surface area contributed by atoms with E-state index in [-0.39, 0.29) is 12.5 Å². The Hall–Kier alpha value is -2.92. The molecule has 0 aliphatic carbocycles. The van der Waals surface area contributed by atoms with Crippen LogP contribution < -0.4 is 5.32 Å². The van der Waals surface area contributed by atoms with Crippen molar-refractivity contribution in [3.05, 3.63) is 71.3 Å². The van der Waals surface area contributed by atoms with Crippen molar-refractivity contribution in [3.63, 3.8) is 0 Å². The molecule has 1 amide bonds. The number of hydrogen-bond donors (Lipinski definition) is 1. The smallest absolute Gasteiger partial charge is 0.338 e. The molecule has 28 heavy (non-hydrogen) atoms. The molecule has 0 atom stereocenters. The molecule has 5 nitrogen and oxygen atoms in total. The van der Waals surface area contributed by atoms with Gasteiger partial charge < -0.3 is 14.8 Å². The molecule has 5 heteroatoms. The Balaban J connectivity index is 1.85. The Morgan fingerprint density at radius 2 is 1.68 bits per heavy atom. The summed E-state index contributed by atoms with van der Waals surface area (Å²) < 4.78 is 10.2. The summed E-state index contributed by atoms with van der Waals surface area (Å²) >= 11 is 0. The highest BCUT2D eigenvalue weighted by Gasteiger charge is 2.07. The van der Waals surface area contributed by atoms with E-state index in [1.54, 1.807) is 30.3 Å². The SMILES string of the molecule is CCOCCOC(=O)c1ccc(NC(=O)/C=C/c2ccc(C(C)C)cc2)cc1. The summed E-state index contributed by atoms with van der Waals surface area (Å²) in [5, 5.41) is 2.77. The number of benzene rings is 2. The largest absolute Gasteiger partial charge is 0.460 e. The first-order valence-corrected chi connectivity index (χ1v) is 9.43. The number of hydrogen-bond acceptors (Lipinski definition) is 4. The minimum absolute atomic E-state index is 0.216. The number of esters is 1. The number of carbonyl (C=O) groups is 2. The molecule has 0 fully saturated rings. The highest BCUT2D eigenvalue weighted by atomic mass is 16.6. The van der Waals surface area contributed by atoms with Crippen molar-refractivity contribution in [3.8, 4) is 0 Å². The van der Waals surface area contributed by atoms with E-state index < -0.39 is 5.97 Å². The maximum Gasteiger partial charge on any atom is 0.338 e. The zero-order valence-electron chi connectivity index (χ0n) is 16.6. The summed E-state index contributed by atoms with van der Waals surface area (Å²) in [6, 6.07) is 14.7. The molecule has 0 aliphatic heterocycles. The van der Waals surface area contributed by atoms with Crippen molar-refractivity contribution in [1.82, 2.24) is 0 Å². The number of nitrogens with one attached hydrogen (secondary N) is 1. The maximum atomic E-state index is 12.1. The molecule has 148 valence electrons. The molecule has 2 rings (SSSR count).